The van der Waals surface area contributed by atoms with Gasteiger partial charge in [-0.3, -0.25) is 0 Å². The summed E-state index contributed by atoms with van der Waals surface area (Å²) in [5, 5.41) is 9.06. The summed E-state index contributed by atoms with van der Waals surface area (Å²) < 4.78 is 0. The second-order valence-electron chi connectivity index (χ2n) is 4.19. The number of aliphatic hydroxyl groups excluding tert-OH is 1. The fourth-order valence-electron chi connectivity index (χ4n) is 1.84. The van der Waals surface area contributed by atoms with Crippen molar-refractivity contribution in [3.05, 3.63) is 0 Å². The van der Waals surface area contributed by atoms with Crippen LogP contribution in [0.25, 0.3) is 0 Å². The zero-order valence-corrected chi connectivity index (χ0v) is 8.29. The van der Waals surface area contributed by atoms with Gasteiger partial charge < -0.3 is 10.0 Å². The van der Waals surface area contributed by atoms with E-state index in [2.05, 4.69) is 11.8 Å². The fraction of sp³-hybridized carbons (Fsp3) is 1.00. The summed E-state index contributed by atoms with van der Waals surface area (Å²) in [5.41, 5.74) is 0. The Kier molecular flexibility index (Phi) is 4.02. The Hall–Kier alpha value is -0.0800. The van der Waals surface area contributed by atoms with Crippen molar-refractivity contribution < 1.29 is 5.11 Å². The minimum Gasteiger partial charge on any atom is -0.393 e. The Morgan fingerprint density at radius 2 is 2.33 bits per heavy atom. The molecule has 2 unspecified atom stereocenters. The first-order valence-electron chi connectivity index (χ1n) is 5.09. The van der Waals surface area contributed by atoms with E-state index in [4.69, 9.17) is 5.11 Å². The SMILES string of the molecule is CC(O)CCCN1CCC(C)C1. The lowest BCUT2D eigenvalue weighted by atomic mass is 10.2. The molecule has 72 valence electrons. The molecule has 1 heterocycles. The van der Waals surface area contributed by atoms with Crippen LogP contribution in [0.3, 0.4) is 0 Å². The van der Waals surface area contributed by atoms with E-state index in [1.165, 1.54) is 26.1 Å². The lowest BCUT2D eigenvalue weighted by molar-refractivity contribution is 0.174. The van der Waals surface area contributed by atoms with Crippen molar-refractivity contribution in [2.45, 2.75) is 39.2 Å². The summed E-state index contributed by atoms with van der Waals surface area (Å²) in [7, 11) is 0. The topological polar surface area (TPSA) is 23.5 Å². The third kappa shape index (κ3) is 3.55. The quantitative estimate of drug-likeness (QED) is 0.692. The molecule has 1 aliphatic heterocycles. The lowest BCUT2D eigenvalue weighted by Gasteiger charge is -2.15. The molecule has 1 aliphatic rings. The Morgan fingerprint density at radius 3 is 2.83 bits per heavy atom. The molecule has 0 saturated carbocycles. The molecule has 1 rings (SSSR count). The van der Waals surface area contributed by atoms with Crippen LogP contribution in [-0.4, -0.2) is 35.7 Å². The first kappa shape index (κ1) is 10.0. The van der Waals surface area contributed by atoms with Crippen molar-refractivity contribution in [1.82, 2.24) is 4.90 Å². The fourth-order valence-corrected chi connectivity index (χ4v) is 1.84. The molecular weight excluding hydrogens is 150 g/mol. The number of aliphatic hydroxyl groups is 1. The van der Waals surface area contributed by atoms with E-state index in [1.54, 1.807) is 0 Å². The van der Waals surface area contributed by atoms with Crippen LogP contribution in [0.15, 0.2) is 0 Å². The van der Waals surface area contributed by atoms with Crippen LogP contribution in [0, 0.1) is 5.92 Å². The second kappa shape index (κ2) is 4.83. The van der Waals surface area contributed by atoms with Gasteiger partial charge in [-0.15, -0.1) is 0 Å². The molecule has 1 N–H and O–H groups in total. The van der Waals surface area contributed by atoms with Crippen LogP contribution in [0.1, 0.15) is 33.1 Å². The summed E-state index contributed by atoms with van der Waals surface area (Å²) in [6.45, 7) is 7.89. The van der Waals surface area contributed by atoms with Crippen molar-refractivity contribution in [3.63, 3.8) is 0 Å². The number of hydrogen-bond acceptors (Lipinski definition) is 2. The van der Waals surface area contributed by atoms with E-state index in [1.807, 2.05) is 6.92 Å². The normalized spacial score (nSPS) is 27.8. The van der Waals surface area contributed by atoms with Gasteiger partial charge in [0.1, 0.15) is 0 Å². The highest BCUT2D eigenvalue weighted by atomic mass is 16.3. The van der Waals surface area contributed by atoms with Gasteiger partial charge in [-0.25, -0.2) is 0 Å². The van der Waals surface area contributed by atoms with Crippen molar-refractivity contribution >= 4 is 0 Å². The monoisotopic (exact) mass is 171 g/mol. The Labute approximate surface area is 75.6 Å². The average molecular weight is 171 g/mol. The third-order valence-corrected chi connectivity index (χ3v) is 2.60. The third-order valence-electron chi connectivity index (χ3n) is 2.60. The number of rotatable bonds is 4. The van der Waals surface area contributed by atoms with Crippen molar-refractivity contribution in [2.24, 2.45) is 5.92 Å². The molecule has 2 atom stereocenters. The lowest BCUT2D eigenvalue weighted by Crippen LogP contribution is -2.22. The molecule has 12 heavy (non-hydrogen) atoms. The maximum Gasteiger partial charge on any atom is 0.0512 e. The molecule has 0 radical (unpaired) electrons. The van der Waals surface area contributed by atoms with Gasteiger partial charge in [0.15, 0.2) is 0 Å². The molecule has 2 nitrogen and oxygen atoms in total. The molecule has 1 fully saturated rings. The number of hydrogen-bond donors (Lipinski definition) is 1. The molecule has 0 spiro atoms. The molecule has 0 aliphatic carbocycles. The summed E-state index contributed by atoms with van der Waals surface area (Å²) in [4.78, 5) is 2.51. The van der Waals surface area contributed by atoms with Gasteiger partial charge in [0.25, 0.3) is 0 Å². The minimum absolute atomic E-state index is 0.120. The van der Waals surface area contributed by atoms with Crippen LogP contribution >= 0.6 is 0 Å². The predicted octanol–water partition coefficient (Wildman–Crippen LogP) is 1.49. The zero-order valence-electron chi connectivity index (χ0n) is 8.29. The molecule has 0 amide bonds. The smallest absolute Gasteiger partial charge is 0.0512 e. The molecule has 2 heteroatoms. The molecule has 0 aromatic heterocycles. The van der Waals surface area contributed by atoms with Gasteiger partial charge in [-0.2, -0.15) is 0 Å². The average Bonchev–Trinajstić information content (AvgIpc) is 2.35. The van der Waals surface area contributed by atoms with E-state index < -0.39 is 0 Å². The van der Waals surface area contributed by atoms with Crippen LogP contribution < -0.4 is 0 Å². The zero-order chi connectivity index (χ0) is 8.97. The van der Waals surface area contributed by atoms with Gasteiger partial charge in [0.2, 0.25) is 0 Å². The van der Waals surface area contributed by atoms with Crippen molar-refractivity contribution in [3.8, 4) is 0 Å². The number of likely N-dealkylation sites (tertiary alicyclic amines) is 1. The van der Waals surface area contributed by atoms with Gasteiger partial charge in [-0.1, -0.05) is 6.92 Å². The molecule has 1 saturated heterocycles. The highest BCUT2D eigenvalue weighted by Gasteiger charge is 2.17. The van der Waals surface area contributed by atoms with Crippen LogP contribution in [0.5, 0.6) is 0 Å². The summed E-state index contributed by atoms with van der Waals surface area (Å²) in [6.07, 6.45) is 3.33. The molecule has 0 aromatic rings. The van der Waals surface area contributed by atoms with E-state index in [0.717, 1.165) is 18.8 Å². The Balaban J connectivity index is 2.00. The van der Waals surface area contributed by atoms with E-state index in [-0.39, 0.29) is 6.10 Å². The minimum atomic E-state index is -0.120. The molecule has 0 bridgehead atoms. The predicted molar refractivity (Wildman–Crippen MR) is 51.1 cm³/mol. The Morgan fingerprint density at radius 1 is 1.58 bits per heavy atom. The maximum atomic E-state index is 9.06. The highest BCUT2D eigenvalue weighted by molar-refractivity contribution is 4.71. The maximum absolute atomic E-state index is 9.06. The van der Waals surface area contributed by atoms with Crippen molar-refractivity contribution in [2.75, 3.05) is 19.6 Å². The molecule has 0 aromatic carbocycles. The highest BCUT2D eigenvalue weighted by Crippen LogP contribution is 2.15. The Bertz CT molecular complexity index is 125. The summed E-state index contributed by atoms with van der Waals surface area (Å²) in [5.74, 6) is 0.886. The molecular formula is C10H21NO. The van der Waals surface area contributed by atoms with E-state index >= 15 is 0 Å². The van der Waals surface area contributed by atoms with Crippen molar-refractivity contribution in [1.29, 1.82) is 0 Å². The second-order valence-corrected chi connectivity index (χ2v) is 4.19. The van der Waals surface area contributed by atoms with E-state index in [0.29, 0.717) is 0 Å². The summed E-state index contributed by atoms with van der Waals surface area (Å²) in [6, 6.07) is 0. The first-order chi connectivity index (χ1) is 5.68. The standard InChI is InChI=1S/C10H21NO/c1-9-5-7-11(8-9)6-3-4-10(2)12/h9-10,12H,3-8H2,1-2H3. The van der Waals surface area contributed by atoms with Gasteiger partial charge in [-0.05, 0) is 45.2 Å². The van der Waals surface area contributed by atoms with Gasteiger partial charge >= 0.3 is 0 Å². The van der Waals surface area contributed by atoms with E-state index in [9.17, 15) is 0 Å². The van der Waals surface area contributed by atoms with Crippen LogP contribution in [0.2, 0.25) is 0 Å². The summed E-state index contributed by atoms with van der Waals surface area (Å²) >= 11 is 0. The largest absolute Gasteiger partial charge is 0.393 e. The van der Waals surface area contributed by atoms with Gasteiger partial charge in [0, 0.05) is 6.54 Å². The number of nitrogens with zero attached hydrogens (tertiary/aromatic N) is 1. The van der Waals surface area contributed by atoms with Crippen LogP contribution in [-0.2, 0) is 0 Å². The van der Waals surface area contributed by atoms with Crippen LogP contribution in [0.4, 0.5) is 0 Å². The first-order valence-corrected chi connectivity index (χ1v) is 5.09. The van der Waals surface area contributed by atoms with Gasteiger partial charge in [0.05, 0.1) is 6.10 Å².